The number of hydrogen-bond donors (Lipinski definition) is 0. The second-order valence-electron chi connectivity index (χ2n) is 7.35. The van der Waals surface area contributed by atoms with E-state index in [1.165, 1.54) is 6.20 Å². The predicted octanol–water partition coefficient (Wildman–Crippen LogP) is 4.56. The maximum atomic E-state index is 12.5. The lowest BCUT2D eigenvalue weighted by atomic mass is 10.2. The zero-order valence-corrected chi connectivity index (χ0v) is 16.9. The third-order valence-electron chi connectivity index (χ3n) is 3.85. The second-order valence-corrected chi connectivity index (χ2v) is 7.35. The highest BCUT2D eigenvalue weighted by Gasteiger charge is 2.23. The lowest BCUT2D eigenvalue weighted by Crippen LogP contribution is -2.28. The number of rotatable bonds is 4. The Morgan fingerprint density at radius 3 is 2.69 bits per heavy atom. The molecule has 0 aliphatic carbocycles. The molecule has 0 atom stereocenters. The van der Waals surface area contributed by atoms with E-state index in [9.17, 15) is 9.59 Å². The lowest BCUT2D eigenvalue weighted by Gasteiger charge is -2.20. The van der Waals surface area contributed by atoms with Crippen molar-refractivity contribution in [2.24, 2.45) is 0 Å². The van der Waals surface area contributed by atoms with Crippen molar-refractivity contribution in [1.82, 2.24) is 14.5 Å². The van der Waals surface area contributed by atoms with E-state index in [0.29, 0.717) is 16.9 Å². The van der Waals surface area contributed by atoms with E-state index in [2.05, 4.69) is 9.97 Å². The van der Waals surface area contributed by atoms with Gasteiger partial charge in [0, 0.05) is 17.8 Å². The molecule has 0 fully saturated rings. The predicted molar refractivity (Wildman–Crippen MR) is 110 cm³/mol. The summed E-state index contributed by atoms with van der Waals surface area (Å²) in [6.07, 6.45) is 6.14. The summed E-state index contributed by atoms with van der Waals surface area (Å²) < 4.78 is 11.6. The van der Waals surface area contributed by atoms with E-state index in [4.69, 9.17) is 9.47 Å². The molecular formula is C22H23N3O4. The maximum absolute atomic E-state index is 12.5. The fourth-order valence-electron chi connectivity index (χ4n) is 2.64. The van der Waals surface area contributed by atoms with Crippen LogP contribution in [0.4, 0.5) is 4.79 Å². The molecule has 3 rings (SSSR count). The van der Waals surface area contributed by atoms with E-state index < -0.39 is 17.7 Å². The molecule has 29 heavy (non-hydrogen) atoms. The summed E-state index contributed by atoms with van der Waals surface area (Å²) in [7, 11) is 0. The standard InChI is InChI=1S/C22H23N3O4/c1-5-28-20(26)18-13-15(14-25(18)21(27)29-22(2,3)4)8-10-17-11-9-16-7-6-12-23-19(16)24-17/h6-14H,5H2,1-4H3/b10-8+. The normalized spacial score (nSPS) is 11.7. The SMILES string of the molecule is CCOC(=O)c1cc(/C=C/c2ccc3cccnc3n2)cn1C(=O)OC(C)(C)C. The molecule has 3 aromatic heterocycles. The Balaban J connectivity index is 1.91. The Bertz CT molecular complexity index is 1080. The number of pyridine rings is 2. The summed E-state index contributed by atoms with van der Waals surface area (Å²) in [6, 6.07) is 9.19. The van der Waals surface area contributed by atoms with Crippen LogP contribution in [0.3, 0.4) is 0 Å². The van der Waals surface area contributed by atoms with Gasteiger partial charge in [0.25, 0.3) is 0 Å². The van der Waals surface area contributed by atoms with Crippen molar-refractivity contribution in [2.75, 3.05) is 6.61 Å². The minimum Gasteiger partial charge on any atom is -0.461 e. The quantitative estimate of drug-likeness (QED) is 0.604. The Morgan fingerprint density at radius 2 is 1.97 bits per heavy atom. The van der Waals surface area contributed by atoms with Crippen molar-refractivity contribution in [2.45, 2.75) is 33.3 Å². The van der Waals surface area contributed by atoms with Gasteiger partial charge in [-0.05, 0) is 69.7 Å². The van der Waals surface area contributed by atoms with E-state index in [1.54, 1.807) is 52.1 Å². The molecule has 0 aliphatic rings. The molecule has 0 aromatic carbocycles. The van der Waals surface area contributed by atoms with Crippen molar-refractivity contribution in [1.29, 1.82) is 0 Å². The van der Waals surface area contributed by atoms with E-state index in [-0.39, 0.29) is 12.3 Å². The summed E-state index contributed by atoms with van der Waals surface area (Å²) >= 11 is 0. The zero-order valence-electron chi connectivity index (χ0n) is 16.9. The van der Waals surface area contributed by atoms with Gasteiger partial charge >= 0.3 is 12.1 Å². The van der Waals surface area contributed by atoms with E-state index >= 15 is 0 Å². The smallest absolute Gasteiger partial charge is 0.419 e. The average Bonchev–Trinajstić information content (AvgIpc) is 3.10. The Morgan fingerprint density at radius 1 is 1.17 bits per heavy atom. The molecule has 0 amide bonds. The van der Waals surface area contributed by atoms with Crippen LogP contribution >= 0.6 is 0 Å². The molecule has 0 bridgehead atoms. The number of fused-ring (bicyclic) bond motifs is 1. The fraction of sp³-hybridized carbons (Fsp3) is 0.273. The molecule has 7 nitrogen and oxygen atoms in total. The highest BCUT2D eigenvalue weighted by atomic mass is 16.6. The minimum absolute atomic E-state index is 0.105. The number of aromatic nitrogens is 3. The molecule has 0 aliphatic heterocycles. The molecule has 150 valence electrons. The largest absolute Gasteiger partial charge is 0.461 e. The molecule has 3 heterocycles. The molecule has 0 radical (unpaired) electrons. The molecule has 0 saturated heterocycles. The first kappa shape index (κ1) is 20.3. The lowest BCUT2D eigenvalue weighted by molar-refractivity contribution is 0.0449. The van der Waals surface area contributed by atoms with Gasteiger partial charge in [0.05, 0.1) is 12.3 Å². The van der Waals surface area contributed by atoms with Crippen molar-refractivity contribution in [3.8, 4) is 0 Å². The topological polar surface area (TPSA) is 83.3 Å². The van der Waals surface area contributed by atoms with Crippen LogP contribution in [-0.2, 0) is 9.47 Å². The fourth-order valence-corrected chi connectivity index (χ4v) is 2.64. The van der Waals surface area contributed by atoms with Crippen molar-refractivity contribution >= 4 is 35.2 Å². The van der Waals surface area contributed by atoms with Crippen molar-refractivity contribution < 1.29 is 19.1 Å². The van der Waals surface area contributed by atoms with Crippen LogP contribution in [0.1, 0.15) is 49.4 Å². The third kappa shape index (κ3) is 5.07. The number of hydrogen-bond acceptors (Lipinski definition) is 6. The summed E-state index contributed by atoms with van der Waals surface area (Å²) in [5, 5.41) is 0.949. The van der Waals surface area contributed by atoms with Gasteiger partial charge in [-0.25, -0.2) is 24.1 Å². The number of carbonyl (C=O) groups is 2. The third-order valence-corrected chi connectivity index (χ3v) is 3.85. The van der Waals surface area contributed by atoms with Gasteiger partial charge in [-0.2, -0.15) is 0 Å². The highest BCUT2D eigenvalue weighted by Crippen LogP contribution is 2.18. The van der Waals surface area contributed by atoms with Crippen molar-refractivity contribution in [3.63, 3.8) is 0 Å². The van der Waals surface area contributed by atoms with Crippen LogP contribution in [0.5, 0.6) is 0 Å². The molecule has 0 saturated carbocycles. The van der Waals surface area contributed by atoms with E-state index in [1.807, 2.05) is 24.3 Å². The first-order valence-electron chi connectivity index (χ1n) is 9.29. The van der Waals surface area contributed by atoms with Gasteiger partial charge in [-0.3, -0.25) is 0 Å². The van der Waals surface area contributed by atoms with Crippen LogP contribution in [0.15, 0.2) is 42.7 Å². The van der Waals surface area contributed by atoms with Gasteiger partial charge in [-0.1, -0.05) is 6.08 Å². The molecule has 0 N–H and O–H groups in total. The number of nitrogens with zero attached hydrogens (tertiary/aromatic N) is 3. The maximum Gasteiger partial charge on any atom is 0.419 e. The number of ether oxygens (including phenoxy) is 2. The summed E-state index contributed by atoms with van der Waals surface area (Å²) in [5.41, 5.74) is 1.41. The first-order chi connectivity index (χ1) is 13.8. The number of esters is 1. The average molecular weight is 393 g/mol. The van der Waals surface area contributed by atoms with Crippen molar-refractivity contribution in [3.05, 3.63) is 59.7 Å². The van der Waals surface area contributed by atoms with Crippen LogP contribution in [-0.4, -0.2) is 38.8 Å². The Hall–Kier alpha value is -3.48. The molecule has 0 unspecified atom stereocenters. The molecular weight excluding hydrogens is 370 g/mol. The Labute approximate surface area is 169 Å². The number of carbonyl (C=O) groups excluding carboxylic acids is 2. The zero-order chi connectivity index (χ0) is 21.0. The van der Waals surface area contributed by atoms with Crippen LogP contribution in [0, 0.1) is 0 Å². The second kappa shape index (κ2) is 8.26. The molecule has 7 heteroatoms. The molecule has 0 spiro atoms. The summed E-state index contributed by atoms with van der Waals surface area (Å²) in [4.78, 5) is 33.5. The summed E-state index contributed by atoms with van der Waals surface area (Å²) in [6.45, 7) is 7.20. The van der Waals surface area contributed by atoms with Gasteiger partial charge in [0.2, 0.25) is 0 Å². The Kier molecular flexibility index (Phi) is 5.77. The minimum atomic E-state index is -0.689. The van der Waals surface area contributed by atoms with Crippen LogP contribution in [0.2, 0.25) is 0 Å². The molecule has 3 aromatic rings. The van der Waals surface area contributed by atoms with Gasteiger partial charge in [0.15, 0.2) is 5.65 Å². The van der Waals surface area contributed by atoms with Gasteiger partial charge in [0.1, 0.15) is 11.3 Å². The van der Waals surface area contributed by atoms with Gasteiger partial charge in [-0.15, -0.1) is 0 Å². The first-order valence-corrected chi connectivity index (χ1v) is 9.29. The highest BCUT2D eigenvalue weighted by molar-refractivity contribution is 5.93. The van der Waals surface area contributed by atoms with Crippen LogP contribution in [0.25, 0.3) is 23.2 Å². The van der Waals surface area contributed by atoms with Crippen LogP contribution < -0.4 is 0 Å². The van der Waals surface area contributed by atoms with E-state index in [0.717, 1.165) is 9.95 Å². The van der Waals surface area contributed by atoms with Gasteiger partial charge < -0.3 is 9.47 Å². The summed E-state index contributed by atoms with van der Waals surface area (Å²) in [5.74, 6) is -0.592. The monoisotopic (exact) mass is 393 g/mol.